The molecule has 1 saturated heterocycles. The molecule has 0 N–H and O–H groups in total. The maximum absolute atomic E-state index is 13.0. The van der Waals surface area contributed by atoms with Crippen molar-refractivity contribution in [1.82, 2.24) is 14.5 Å². The fraction of sp³-hybridized carbons (Fsp3) is 0.286. The maximum Gasteiger partial charge on any atom is 0.253 e. The Labute approximate surface area is 152 Å². The van der Waals surface area contributed by atoms with Gasteiger partial charge in [0, 0.05) is 31.6 Å². The lowest BCUT2D eigenvalue weighted by Gasteiger charge is -2.16. The van der Waals surface area contributed by atoms with Gasteiger partial charge in [-0.3, -0.25) is 4.79 Å². The lowest BCUT2D eigenvalue weighted by atomic mass is 9.90. The minimum atomic E-state index is -0.177. The normalized spacial score (nSPS) is 19.7. The fourth-order valence-corrected chi connectivity index (χ4v) is 3.76. The Morgan fingerprint density at radius 1 is 1.19 bits per heavy atom. The second kappa shape index (κ2) is 6.30. The van der Waals surface area contributed by atoms with Crippen LogP contribution >= 0.6 is 0 Å². The number of aryl methyl sites for hydroxylation is 2. The Balaban J connectivity index is 1.63. The number of nitriles is 1. The summed E-state index contributed by atoms with van der Waals surface area (Å²) in [6.45, 7) is 2.99. The number of fused-ring (bicyclic) bond motifs is 1. The van der Waals surface area contributed by atoms with E-state index in [1.165, 1.54) is 0 Å². The van der Waals surface area contributed by atoms with Crippen molar-refractivity contribution in [2.24, 2.45) is 13.0 Å². The highest BCUT2D eigenvalue weighted by molar-refractivity contribution is 5.97. The second-order valence-electron chi connectivity index (χ2n) is 6.88. The van der Waals surface area contributed by atoms with Crippen LogP contribution in [-0.4, -0.2) is 33.4 Å². The van der Waals surface area contributed by atoms with Crippen molar-refractivity contribution < 1.29 is 4.79 Å². The van der Waals surface area contributed by atoms with E-state index in [1.807, 2.05) is 67.1 Å². The maximum atomic E-state index is 13.0. The van der Waals surface area contributed by atoms with E-state index in [9.17, 15) is 10.1 Å². The molecule has 130 valence electrons. The lowest BCUT2D eigenvalue weighted by Crippen LogP contribution is -2.28. The number of imidazole rings is 1. The Bertz CT molecular complexity index is 1020. The summed E-state index contributed by atoms with van der Waals surface area (Å²) in [6, 6.07) is 18.0. The number of carbonyl (C=O) groups excluding carboxylic acids is 1. The van der Waals surface area contributed by atoms with E-state index in [-0.39, 0.29) is 17.7 Å². The lowest BCUT2D eigenvalue weighted by molar-refractivity contribution is 0.0788. The molecule has 2 atom stereocenters. The molecule has 1 aliphatic rings. The highest BCUT2D eigenvalue weighted by Gasteiger charge is 2.36. The molecule has 5 nitrogen and oxygen atoms in total. The molecule has 0 unspecified atom stereocenters. The molecule has 1 aliphatic heterocycles. The van der Waals surface area contributed by atoms with E-state index < -0.39 is 0 Å². The minimum absolute atomic E-state index is 0.0237. The summed E-state index contributed by atoms with van der Waals surface area (Å²) in [4.78, 5) is 19.3. The van der Waals surface area contributed by atoms with Crippen molar-refractivity contribution >= 4 is 16.9 Å². The molecule has 5 heteroatoms. The first kappa shape index (κ1) is 16.3. The fourth-order valence-electron chi connectivity index (χ4n) is 3.76. The smallest absolute Gasteiger partial charge is 0.253 e. The highest BCUT2D eigenvalue weighted by atomic mass is 16.2. The second-order valence-corrected chi connectivity index (χ2v) is 6.88. The van der Waals surface area contributed by atoms with Gasteiger partial charge in [0.1, 0.15) is 5.82 Å². The summed E-state index contributed by atoms with van der Waals surface area (Å²) in [5, 5.41) is 9.55. The van der Waals surface area contributed by atoms with Crippen molar-refractivity contribution in [1.29, 1.82) is 5.26 Å². The van der Waals surface area contributed by atoms with E-state index in [0.29, 0.717) is 18.7 Å². The van der Waals surface area contributed by atoms with Gasteiger partial charge in [-0.2, -0.15) is 5.26 Å². The van der Waals surface area contributed by atoms with Crippen LogP contribution in [0.1, 0.15) is 27.7 Å². The topological polar surface area (TPSA) is 61.9 Å². The van der Waals surface area contributed by atoms with Crippen molar-refractivity contribution in [3.05, 3.63) is 65.5 Å². The number of benzene rings is 2. The van der Waals surface area contributed by atoms with Crippen LogP contribution in [0.3, 0.4) is 0 Å². The molecule has 0 spiro atoms. The summed E-state index contributed by atoms with van der Waals surface area (Å²) in [6.07, 6.45) is 0. The first-order chi connectivity index (χ1) is 12.6. The molecule has 26 heavy (non-hydrogen) atoms. The molecular formula is C21H20N4O. The molecule has 0 aliphatic carbocycles. The Hall–Kier alpha value is -3.13. The van der Waals surface area contributed by atoms with Crippen LogP contribution < -0.4 is 0 Å². The molecule has 1 aromatic heterocycles. The molecule has 2 aromatic carbocycles. The summed E-state index contributed by atoms with van der Waals surface area (Å²) in [7, 11) is 1.95. The molecule has 2 heterocycles. The van der Waals surface area contributed by atoms with Crippen LogP contribution in [0.5, 0.6) is 0 Å². The first-order valence-corrected chi connectivity index (χ1v) is 8.75. The Morgan fingerprint density at radius 2 is 1.96 bits per heavy atom. The number of nitrogens with zero attached hydrogens (tertiary/aromatic N) is 4. The largest absolute Gasteiger partial charge is 0.337 e. The van der Waals surface area contributed by atoms with E-state index >= 15 is 0 Å². The molecule has 1 fully saturated rings. The standard InChI is InChI=1S/C21H20N4O/c1-14-23-19-9-8-16(10-20(19)24(14)2)21(26)25-12-17(11-22)18(13-25)15-6-4-3-5-7-15/h3-10,17-18H,12-13H2,1-2H3/t17-,18+/m1/s1. The number of amides is 1. The van der Waals surface area contributed by atoms with Crippen LogP contribution in [0, 0.1) is 24.2 Å². The zero-order valence-electron chi connectivity index (χ0n) is 14.9. The van der Waals surface area contributed by atoms with Gasteiger partial charge in [-0.25, -0.2) is 4.98 Å². The summed E-state index contributed by atoms with van der Waals surface area (Å²) >= 11 is 0. The van der Waals surface area contributed by atoms with Gasteiger partial charge in [0.05, 0.1) is 23.0 Å². The number of likely N-dealkylation sites (tertiary alicyclic amines) is 1. The number of rotatable bonds is 2. The number of hydrogen-bond donors (Lipinski definition) is 0. The molecule has 0 saturated carbocycles. The van der Waals surface area contributed by atoms with Crippen LogP contribution in [0.4, 0.5) is 0 Å². The Kier molecular flexibility index (Phi) is 3.96. The van der Waals surface area contributed by atoms with E-state index in [1.54, 1.807) is 4.90 Å². The molecule has 0 radical (unpaired) electrons. The summed E-state index contributed by atoms with van der Waals surface area (Å²) in [5.74, 6) is 0.778. The average Bonchev–Trinajstić information content (AvgIpc) is 3.23. The zero-order chi connectivity index (χ0) is 18.3. The predicted octanol–water partition coefficient (Wildman–Crippen LogP) is 3.26. The van der Waals surface area contributed by atoms with E-state index in [0.717, 1.165) is 22.4 Å². The zero-order valence-corrected chi connectivity index (χ0v) is 14.9. The molecular weight excluding hydrogens is 324 g/mol. The molecule has 3 aromatic rings. The van der Waals surface area contributed by atoms with Crippen LogP contribution in [0.15, 0.2) is 48.5 Å². The Morgan fingerprint density at radius 3 is 2.69 bits per heavy atom. The summed E-state index contributed by atoms with van der Waals surface area (Å²) in [5.41, 5.74) is 3.60. The third-order valence-electron chi connectivity index (χ3n) is 5.35. The van der Waals surface area contributed by atoms with Gasteiger partial charge in [0.15, 0.2) is 0 Å². The molecule has 4 rings (SSSR count). The van der Waals surface area contributed by atoms with Crippen LogP contribution in [0.25, 0.3) is 11.0 Å². The van der Waals surface area contributed by atoms with Gasteiger partial charge in [0.2, 0.25) is 0 Å². The van der Waals surface area contributed by atoms with Crippen molar-refractivity contribution in [3.8, 4) is 6.07 Å². The average molecular weight is 344 g/mol. The van der Waals surface area contributed by atoms with Crippen LogP contribution in [0.2, 0.25) is 0 Å². The monoisotopic (exact) mass is 344 g/mol. The van der Waals surface area contributed by atoms with Gasteiger partial charge >= 0.3 is 0 Å². The van der Waals surface area contributed by atoms with Gasteiger partial charge in [-0.1, -0.05) is 30.3 Å². The molecule has 1 amide bonds. The van der Waals surface area contributed by atoms with Gasteiger partial charge in [-0.15, -0.1) is 0 Å². The van der Waals surface area contributed by atoms with Gasteiger partial charge in [-0.05, 0) is 30.7 Å². The quantitative estimate of drug-likeness (QED) is 0.717. The minimum Gasteiger partial charge on any atom is -0.337 e. The predicted molar refractivity (Wildman–Crippen MR) is 99.6 cm³/mol. The van der Waals surface area contributed by atoms with Crippen molar-refractivity contribution in [2.75, 3.05) is 13.1 Å². The highest BCUT2D eigenvalue weighted by Crippen LogP contribution is 2.33. The summed E-state index contributed by atoms with van der Waals surface area (Å²) < 4.78 is 1.99. The molecule has 0 bridgehead atoms. The van der Waals surface area contributed by atoms with Gasteiger partial charge < -0.3 is 9.47 Å². The van der Waals surface area contributed by atoms with Crippen molar-refractivity contribution in [2.45, 2.75) is 12.8 Å². The SMILES string of the molecule is Cc1nc2ccc(C(=O)N3C[C@@H](C#N)[C@H](c4ccccc4)C3)cc2n1C. The van der Waals surface area contributed by atoms with Crippen LogP contribution in [-0.2, 0) is 7.05 Å². The van der Waals surface area contributed by atoms with E-state index in [4.69, 9.17) is 0 Å². The number of aromatic nitrogens is 2. The number of carbonyl (C=O) groups is 1. The van der Waals surface area contributed by atoms with Gasteiger partial charge in [0.25, 0.3) is 5.91 Å². The third kappa shape index (κ3) is 2.64. The third-order valence-corrected chi connectivity index (χ3v) is 5.35. The van der Waals surface area contributed by atoms with Crippen molar-refractivity contribution in [3.63, 3.8) is 0 Å². The first-order valence-electron chi connectivity index (χ1n) is 8.75. The van der Waals surface area contributed by atoms with E-state index in [2.05, 4.69) is 11.1 Å². The number of hydrogen-bond acceptors (Lipinski definition) is 3.